The molecule has 21 heavy (non-hydrogen) atoms. The van der Waals surface area contributed by atoms with E-state index in [0.717, 1.165) is 11.3 Å². The van der Waals surface area contributed by atoms with Crippen LogP contribution in [0.2, 0.25) is 0 Å². The lowest BCUT2D eigenvalue weighted by Gasteiger charge is -2.45. The summed E-state index contributed by atoms with van der Waals surface area (Å²) >= 11 is 0. The van der Waals surface area contributed by atoms with Gasteiger partial charge in [-0.05, 0) is 33.8 Å². The van der Waals surface area contributed by atoms with E-state index < -0.39 is 17.6 Å². The molecule has 0 fully saturated rings. The molecule has 0 bridgehead atoms. The van der Waals surface area contributed by atoms with E-state index in [2.05, 4.69) is 4.98 Å². The first-order valence-electron chi connectivity index (χ1n) is 7.20. The molecule has 1 unspecified atom stereocenters. The summed E-state index contributed by atoms with van der Waals surface area (Å²) in [4.78, 5) is 26.7. The molecule has 1 aromatic rings. The van der Waals surface area contributed by atoms with E-state index in [1.807, 2.05) is 20.8 Å². The van der Waals surface area contributed by atoms with Crippen molar-refractivity contribution in [3.05, 3.63) is 23.0 Å². The van der Waals surface area contributed by atoms with Crippen LogP contribution < -0.4 is 0 Å². The number of amides is 1. The van der Waals surface area contributed by atoms with Gasteiger partial charge in [0.15, 0.2) is 0 Å². The van der Waals surface area contributed by atoms with Crippen molar-refractivity contribution in [3.63, 3.8) is 0 Å². The van der Waals surface area contributed by atoms with Gasteiger partial charge in [-0.25, -0.2) is 9.28 Å². The number of carbonyl (C=O) groups excluding carboxylic acids is 1. The Balaban J connectivity index is 2.36. The third-order valence-corrected chi connectivity index (χ3v) is 4.32. The third-order valence-electron chi connectivity index (χ3n) is 4.32. The van der Waals surface area contributed by atoms with Gasteiger partial charge < -0.3 is 14.8 Å². The summed E-state index contributed by atoms with van der Waals surface area (Å²) in [5, 5.41) is 9.72. The Morgan fingerprint density at radius 2 is 2.10 bits per heavy atom. The van der Waals surface area contributed by atoms with Gasteiger partial charge in [0, 0.05) is 17.7 Å². The van der Waals surface area contributed by atoms with E-state index in [4.69, 9.17) is 4.74 Å². The summed E-state index contributed by atoms with van der Waals surface area (Å²) in [5.74, 6) is -0.393. The zero-order chi connectivity index (χ0) is 15.8. The highest BCUT2D eigenvalue weighted by Gasteiger charge is 2.50. The molecule has 0 saturated carbocycles. The van der Waals surface area contributed by atoms with Gasteiger partial charge in [0.25, 0.3) is 0 Å². The summed E-state index contributed by atoms with van der Waals surface area (Å²) in [7, 11) is 0. The molecule has 1 aliphatic rings. The van der Waals surface area contributed by atoms with Crippen molar-refractivity contribution in [2.75, 3.05) is 13.2 Å². The van der Waals surface area contributed by atoms with Crippen molar-refractivity contribution in [1.82, 2.24) is 4.98 Å². The molecule has 116 valence electrons. The Bertz CT molecular complexity index is 571. The van der Waals surface area contributed by atoms with Crippen molar-refractivity contribution in [2.45, 2.75) is 46.2 Å². The number of nitrogens with zero attached hydrogens (tertiary/aromatic N) is 1. The molecule has 0 aliphatic carbocycles. The summed E-state index contributed by atoms with van der Waals surface area (Å²) in [6, 6.07) is 1.73. The molecule has 1 amide bonds. The van der Waals surface area contributed by atoms with Crippen LogP contribution in [0.5, 0.6) is 0 Å². The first-order valence-corrected chi connectivity index (χ1v) is 7.20. The van der Waals surface area contributed by atoms with E-state index in [1.165, 1.54) is 0 Å². The van der Waals surface area contributed by atoms with Gasteiger partial charge in [0.05, 0.1) is 13.2 Å². The topological polar surface area (TPSA) is 79.4 Å². The van der Waals surface area contributed by atoms with Crippen molar-refractivity contribution in [2.24, 2.45) is 0 Å². The molecule has 1 aliphatic heterocycles. The lowest BCUT2D eigenvalue weighted by atomic mass is 9.95. The number of nitrogens with one attached hydrogen (secondary N) is 1. The number of aromatic amines is 1. The summed E-state index contributed by atoms with van der Waals surface area (Å²) in [6.07, 6.45) is -0.217. The van der Waals surface area contributed by atoms with Crippen LogP contribution in [0.1, 0.15) is 49.4 Å². The van der Waals surface area contributed by atoms with Crippen LogP contribution >= 0.6 is 0 Å². The fraction of sp³-hybridized carbons (Fsp3) is 0.600. The molecule has 1 aromatic heterocycles. The largest absolute Gasteiger partial charge is 0.514 e. The highest BCUT2D eigenvalue weighted by molar-refractivity contribution is 5.88. The Morgan fingerprint density at radius 1 is 1.43 bits per heavy atom. The first-order chi connectivity index (χ1) is 9.71. The summed E-state index contributed by atoms with van der Waals surface area (Å²) < 4.78 is 4.95. The predicted octanol–water partition coefficient (Wildman–Crippen LogP) is 2.54. The number of carbonyl (C=O) groups is 2. The maximum Gasteiger partial charge on any atom is 0.514 e. The molecule has 0 saturated heterocycles. The van der Waals surface area contributed by atoms with Crippen LogP contribution in [0.3, 0.4) is 0 Å². The van der Waals surface area contributed by atoms with Crippen LogP contribution in [-0.4, -0.2) is 45.3 Å². The molecule has 6 nitrogen and oxygen atoms in total. The lowest BCUT2D eigenvalue weighted by molar-refractivity contribution is -0.917. The zero-order valence-electron chi connectivity index (χ0n) is 13.0. The highest BCUT2D eigenvalue weighted by atomic mass is 16.5. The monoisotopic (exact) mass is 295 g/mol. The molecule has 0 spiro atoms. The average Bonchev–Trinajstić information content (AvgIpc) is 2.79. The number of hydrogen-bond acceptors (Lipinski definition) is 3. The Hall–Kier alpha value is -1.82. The zero-order valence-corrected chi connectivity index (χ0v) is 13.0. The van der Waals surface area contributed by atoms with Gasteiger partial charge in [-0.2, -0.15) is 4.79 Å². The van der Waals surface area contributed by atoms with Gasteiger partial charge in [-0.1, -0.05) is 0 Å². The van der Waals surface area contributed by atoms with Crippen molar-refractivity contribution >= 4 is 12.1 Å². The summed E-state index contributed by atoms with van der Waals surface area (Å²) in [5.41, 5.74) is 1.82. The third kappa shape index (κ3) is 2.55. The Labute approximate surface area is 124 Å². The Morgan fingerprint density at radius 3 is 2.62 bits per heavy atom. The predicted molar refractivity (Wildman–Crippen MR) is 77.1 cm³/mol. The molecule has 2 N–H and O–H groups in total. The second-order valence-electron chi connectivity index (χ2n) is 6.46. The molecule has 1 atom stereocenters. The van der Waals surface area contributed by atoms with E-state index in [0.29, 0.717) is 31.8 Å². The summed E-state index contributed by atoms with van der Waals surface area (Å²) in [6.45, 7) is 8.77. The quantitative estimate of drug-likeness (QED) is 0.649. The number of H-pyrrole nitrogens is 1. The average molecular weight is 295 g/mol. The number of quaternary nitrogens is 1. The van der Waals surface area contributed by atoms with Gasteiger partial charge in [0.1, 0.15) is 17.8 Å². The van der Waals surface area contributed by atoms with Crippen LogP contribution in [0.15, 0.2) is 6.07 Å². The van der Waals surface area contributed by atoms with Gasteiger partial charge in [-0.15, -0.1) is 0 Å². The molecular formula is C15H23N2O4+. The van der Waals surface area contributed by atoms with Gasteiger partial charge >= 0.3 is 12.1 Å². The Kier molecular flexibility index (Phi) is 3.84. The van der Waals surface area contributed by atoms with Crippen LogP contribution in [0.4, 0.5) is 4.79 Å². The van der Waals surface area contributed by atoms with Crippen LogP contribution in [-0.2, 0) is 17.7 Å². The maximum atomic E-state index is 11.8. The second kappa shape index (κ2) is 5.18. The van der Waals surface area contributed by atoms with Crippen molar-refractivity contribution in [1.29, 1.82) is 0 Å². The number of fused-ring (bicyclic) bond motifs is 1. The molecular weight excluding hydrogens is 272 g/mol. The van der Waals surface area contributed by atoms with Crippen molar-refractivity contribution < 1.29 is 23.9 Å². The van der Waals surface area contributed by atoms with Gasteiger partial charge in [-0.3, -0.25) is 0 Å². The van der Waals surface area contributed by atoms with E-state index in [1.54, 1.807) is 13.0 Å². The van der Waals surface area contributed by atoms with Crippen LogP contribution in [0, 0.1) is 0 Å². The smallest absolute Gasteiger partial charge is 0.461 e. The normalized spacial score (nSPS) is 21.7. The van der Waals surface area contributed by atoms with E-state index in [9.17, 15) is 14.7 Å². The minimum absolute atomic E-state index is 0.0277. The molecule has 0 aromatic carbocycles. The maximum absolute atomic E-state index is 11.8. The van der Waals surface area contributed by atoms with Crippen LogP contribution in [0.25, 0.3) is 0 Å². The van der Waals surface area contributed by atoms with E-state index >= 15 is 0 Å². The number of rotatable bonds is 2. The molecule has 2 heterocycles. The van der Waals surface area contributed by atoms with Crippen molar-refractivity contribution in [3.8, 4) is 0 Å². The molecule has 6 heteroatoms. The molecule has 2 rings (SSSR count). The second-order valence-corrected chi connectivity index (χ2v) is 6.46. The number of ether oxygens (including phenoxy) is 1. The molecule has 0 radical (unpaired) electrons. The fourth-order valence-electron chi connectivity index (χ4n) is 2.92. The number of carboxylic acid groups (broad SMARTS) is 1. The van der Waals surface area contributed by atoms with Gasteiger partial charge in [0.2, 0.25) is 0 Å². The standard InChI is InChI=1S/C15H22N2O4/c1-5-21-13(18)12-8-10-9-17(14(19)20,15(2,3)4)7-6-11(10)16-12/h8H,5-7,9H2,1-4H3,(H-,16,18,19,20)/p+1. The fourth-order valence-corrected chi connectivity index (χ4v) is 2.92. The SMILES string of the molecule is CCOC(=O)c1cc2c([nH]1)CC[N+](C(=O)O)(C(C)(C)C)C2. The minimum Gasteiger partial charge on any atom is -0.461 e. The number of hydrogen-bond donors (Lipinski definition) is 2. The first kappa shape index (κ1) is 15.6. The van der Waals surface area contributed by atoms with E-state index in [-0.39, 0.29) is 4.48 Å². The number of aromatic nitrogens is 1. The number of esters is 1. The highest BCUT2D eigenvalue weighted by Crippen LogP contribution is 2.34. The lowest BCUT2D eigenvalue weighted by Crippen LogP contribution is -2.64. The minimum atomic E-state index is -0.827.